The second-order valence-electron chi connectivity index (χ2n) is 5.27. The van der Waals surface area contributed by atoms with Crippen molar-refractivity contribution in [1.29, 1.82) is 0 Å². The summed E-state index contributed by atoms with van der Waals surface area (Å²) in [6.45, 7) is 7.47. The molecule has 0 saturated carbocycles. The van der Waals surface area contributed by atoms with Crippen LogP contribution >= 0.6 is 0 Å². The minimum absolute atomic E-state index is 0.0490. The highest BCUT2D eigenvalue weighted by Gasteiger charge is 2.22. The van der Waals surface area contributed by atoms with Gasteiger partial charge in [-0.25, -0.2) is 0 Å². The maximum absolute atomic E-state index is 11.1. The van der Waals surface area contributed by atoms with Gasteiger partial charge in [-0.2, -0.15) is 0 Å². The lowest BCUT2D eigenvalue weighted by Gasteiger charge is -2.22. The predicted octanol–water partition coefficient (Wildman–Crippen LogP) is 2.79. The standard InChI is InChI=1S/C15H22N2O2/c1-10-4-5-14(17-12(3)18)8-15(10)16-11(2)13-6-7-19-9-13/h4-5,8,11,13,16H,6-7,9H2,1-3H3,(H,17,18). The number of rotatable bonds is 4. The van der Waals surface area contributed by atoms with Gasteiger partial charge in [0.25, 0.3) is 0 Å². The average Bonchev–Trinajstić information content (AvgIpc) is 2.86. The van der Waals surface area contributed by atoms with E-state index in [1.54, 1.807) is 0 Å². The first-order valence-corrected chi connectivity index (χ1v) is 6.79. The first-order chi connectivity index (χ1) is 9.06. The third kappa shape index (κ3) is 3.70. The largest absolute Gasteiger partial charge is 0.382 e. The van der Waals surface area contributed by atoms with Crippen molar-refractivity contribution in [1.82, 2.24) is 0 Å². The van der Waals surface area contributed by atoms with Gasteiger partial charge in [-0.3, -0.25) is 4.79 Å². The third-order valence-corrected chi connectivity index (χ3v) is 3.61. The van der Waals surface area contributed by atoms with Gasteiger partial charge in [-0.1, -0.05) is 6.07 Å². The fraction of sp³-hybridized carbons (Fsp3) is 0.533. The summed E-state index contributed by atoms with van der Waals surface area (Å²) in [6.07, 6.45) is 1.11. The van der Waals surface area contributed by atoms with Gasteiger partial charge in [0.15, 0.2) is 0 Å². The van der Waals surface area contributed by atoms with E-state index < -0.39 is 0 Å². The Kier molecular flexibility index (Phi) is 4.43. The van der Waals surface area contributed by atoms with Gasteiger partial charge in [-0.05, 0) is 38.0 Å². The van der Waals surface area contributed by atoms with Gasteiger partial charge in [0.1, 0.15) is 0 Å². The van der Waals surface area contributed by atoms with Crippen LogP contribution in [-0.2, 0) is 9.53 Å². The molecule has 2 N–H and O–H groups in total. The van der Waals surface area contributed by atoms with Gasteiger partial charge in [-0.15, -0.1) is 0 Å². The first kappa shape index (κ1) is 13.9. The van der Waals surface area contributed by atoms with Crippen molar-refractivity contribution in [3.8, 4) is 0 Å². The predicted molar refractivity (Wildman–Crippen MR) is 77.5 cm³/mol. The topological polar surface area (TPSA) is 50.4 Å². The zero-order valence-electron chi connectivity index (χ0n) is 11.8. The summed E-state index contributed by atoms with van der Waals surface area (Å²) >= 11 is 0. The third-order valence-electron chi connectivity index (χ3n) is 3.61. The smallest absolute Gasteiger partial charge is 0.221 e. The summed E-state index contributed by atoms with van der Waals surface area (Å²) < 4.78 is 5.43. The molecule has 1 aromatic carbocycles. The number of aryl methyl sites for hydroxylation is 1. The number of hydrogen-bond acceptors (Lipinski definition) is 3. The van der Waals surface area contributed by atoms with Crippen LogP contribution in [0.3, 0.4) is 0 Å². The summed E-state index contributed by atoms with van der Waals surface area (Å²) in [5.74, 6) is 0.510. The molecule has 104 valence electrons. The molecule has 1 heterocycles. The lowest BCUT2D eigenvalue weighted by atomic mass is 10.00. The van der Waals surface area contributed by atoms with Crippen molar-refractivity contribution >= 4 is 17.3 Å². The summed E-state index contributed by atoms with van der Waals surface area (Å²) in [5, 5.41) is 6.35. The Hall–Kier alpha value is -1.55. The Morgan fingerprint density at radius 3 is 2.89 bits per heavy atom. The van der Waals surface area contributed by atoms with Crippen LogP contribution in [-0.4, -0.2) is 25.2 Å². The molecule has 2 rings (SSSR count). The van der Waals surface area contributed by atoms with Crippen molar-refractivity contribution in [3.05, 3.63) is 23.8 Å². The molecular weight excluding hydrogens is 240 g/mol. The molecule has 19 heavy (non-hydrogen) atoms. The fourth-order valence-corrected chi connectivity index (χ4v) is 2.37. The van der Waals surface area contributed by atoms with E-state index in [1.165, 1.54) is 12.5 Å². The highest BCUT2D eigenvalue weighted by atomic mass is 16.5. The Labute approximate surface area is 114 Å². The second kappa shape index (κ2) is 6.06. The Morgan fingerprint density at radius 1 is 1.47 bits per heavy atom. The highest BCUT2D eigenvalue weighted by molar-refractivity contribution is 5.89. The molecular formula is C15H22N2O2. The number of carbonyl (C=O) groups excluding carboxylic acids is 1. The monoisotopic (exact) mass is 262 g/mol. The SMILES string of the molecule is CC(=O)Nc1ccc(C)c(NC(C)C2CCOC2)c1. The van der Waals surface area contributed by atoms with Gasteiger partial charge in [0, 0.05) is 36.9 Å². The van der Waals surface area contributed by atoms with E-state index in [0.29, 0.717) is 12.0 Å². The maximum atomic E-state index is 11.1. The number of hydrogen-bond donors (Lipinski definition) is 2. The van der Waals surface area contributed by atoms with E-state index >= 15 is 0 Å². The molecule has 1 fully saturated rings. The van der Waals surface area contributed by atoms with Gasteiger partial charge >= 0.3 is 0 Å². The van der Waals surface area contributed by atoms with Crippen molar-refractivity contribution in [2.45, 2.75) is 33.2 Å². The Bertz CT molecular complexity index is 453. The molecule has 0 spiro atoms. The van der Waals surface area contributed by atoms with Crippen LogP contribution in [0.25, 0.3) is 0 Å². The first-order valence-electron chi connectivity index (χ1n) is 6.79. The lowest BCUT2D eigenvalue weighted by molar-refractivity contribution is -0.114. The van der Waals surface area contributed by atoms with Crippen LogP contribution in [0.2, 0.25) is 0 Å². The molecule has 2 atom stereocenters. The van der Waals surface area contributed by atoms with Crippen molar-refractivity contribution in [2.75, 3.05) is 23.8 Å². The van der Waals surface area contributed by atoms with E-state index in [0.717, 1.165) is 31.0 Å². The minimum Gasteiger partial charge on any atom is -0.382 e. The van der Waals surface area contributed by atoms with Crippen molar-refractivity contribution in [3.63, 3.8) is 0 Å². The molecule has 1 aromatic rings. The summed E-state index contributed by atoms with van der Waals surface area (Å²) in [6, 6.07) is 6.30. The zero-order valence-corrected chi connectivity index (χ0v) is 11.8. The zero-order chi connectivity index (χ0) is 13.8. The van der Waals surface area contributed by atoms with Crippen LogP contribution in [0.1, 0.15) is 25.8 Å². The van der Waals surface area contributed by atoms with Crippen molar-refractivity contribution in [2.24, 2.45) is 5.92 Å². The van der Waals surface area contributed by atoms with Crippen LogP contribution in [0.5, 0.6) is 0 Å². The number of amides is 1. The molecule has 0 aromatic heterocycles. The fourth-order valence-electron chi connectivity index (χ4n) is 2.37. The molecule has 0 aliphatic carbocycles. The molecule has 1 saturated heterocycles. The van der Waals surface area contributed by atoms with Gasteiger partial charge < -0.3 is 15.4 Å². The molecule has 1 aliphatic rings. The molecule has 0 radical (unpaired) electrons. The number of nitrogens with one attached hydrogen (secondary N) is 2. The Balaban J connectivity index is 2.07. The van der Waals surface area contributed by atoms with E-state index in [2.05, 4.69) is 24.5 Å². The molecule has 4 nitrogen and oxygen atoms in total. The summed E-state index contributed by atoms with van der Waals surface area (Å²) in [4.78, 5) is 11.1. The summed E-state index contributed by atoms with van der Waals surface area (Å²) in [7, 11) is 0. The molecule has 1 aliphatic heterocycles. The average molecular weight is 262 g/mol. The number of benzene rings is 1. The van der Waals surface area contributed by atoms with Gasteiger partial charge in [0.05, 0.1) is 6.61 Å². The van der Waals surface area contributed by atoms with Crippen LogP contribution in [0, 0.1) is 12.8 Å². The highest BCUT2D eigenvalue weighted by Crippen LogP contribution is 2.25. The lowest BCUT2D eigenvalue weighted by Crippen LogP contribution is -2.26. The normalized spacial score (nSPS) is 20.1. The summed E-state index contributed by atoms with van der Waals surface area (Å²) in [5.41, 5.74) is 3.08. The second-order valence-corrected chi connectivity index (χ2v) is 5.27. The van der Waals surface area contributed by atoms with Crippen LogP contribution in [0.4, 0.5) is 11.4 Å². The molecule has 4 heteroatoms. The van der Waals surface area contributed by atoms with Crippen molar-refractivity contribution < 1.29 is 9.53 Å². The van der Waals surface area contributed by atoms with Crippen LogP contribution < -0.4 is 10.6 Å². The quantitative estimate of drug-likeness (QED) is 0.877. The van der Waals surface area contributed by atoms with Gasteiger partial charge in [0.2, 0.25) is 5.91 Å². The molecule has 2 unspecified atom stereocenters. The van der Waals surface area contributed by atoms with E-state index in [4.69, 9.17) is 4.74 Å². The molecule has 1 amide bonds. The van der Waals surface area contributed by atoms with E-state index in [-0.39, 0.29) is 5.91 Å². The number of ether oxygens (including phenoxy) is 1. The van der Waals surface area contributed by atoms with Crippen LogP contribution in [0.15, 0.2) is 18.2 Å². The molecule has 0 bridgehead atoms. The minimum atomic E-state index is -0.0490. The Morgan fingerprint density at radius 2 is 2.26 bits per heavy atom. The maximum Gasteiger partial charge on any atom is 0.221 e. The van der Waals surface area contributed by atoms with E-state index in [9.17, 15) is 4.79 Å². The number of carbonyl (C=O) groups is 1. The van der Waals surface area contributed by atoms with E-state index in [1.807, 2.05) is 18.2 Å². The number of anilines is 2.